The van der Waals surface area contributed by atoms with E-state index < -0.39 is 0 Å². The third-order valence-corrected chi connectivity index (χ3v) is 5.10. The van der Waals surface area contributed by atoms with Gasteiger partial charge in [0.25, 0.3) is 11.8 Å². The van der Waals surface area contributed by atoms with Gasteiger partial charge in [0.1, 0.15) is 6.33 Å². The van der Waals surface area contributed by atoms with E-state index in [0.717, 1.165) is 37.3 Å². The molecule has 0 atom stereocenters. The van der Waals surface area contributed by atoms with Gasteiger partial charge in [-0.15, -0.1) is 10.2 Å². The average molecular weight is 394 g/mol. The Labute approximate surface area is 170 Å². The van der Waals surface area contributed by atoms with Crippen LogP contribution in [0.2, 0.25) is 0 Å². The zero-order chi connectivity index (χ0) is 20.4. The Kier molecular flexibility index (Phi) is 5.44. The van der Waals surface area contributed by atoms with Crippen molar-refractivity contribution in [3.8, 4) is 17.3 Å². The third-order valence-electron chi connectivity index (χ3n) is 5.10. The van der Waals surface area contributed by atoms with Crippen molar-refractivity contribution < 1.29 is 9.21 Å². The SMILES string of the molecule is CCCN(CCC)Cc1nnc(-c2ncn3c2CN(C)C(=O)c2ccccc2-3)o1. The average Bonchev–Trinajstić information content (AvgIpc) is 3.32. The normalized spacial score (nSPS) is 13.5. The molecule has 29 heavy (non-hydrogen) atoms. The number of rotatable bonds is 7. The van der Waals surface area contributed by atoms with Gasteiger partial charge < -0.3 is 9.32 Å². The lowest BCUT2D eigenvalue weighted by Gasteiger charge is -2.18. The van der Waals surface area contributed by atoms with Gasteiger partial charge in [0.15, 0.2) is 5.69 Å². The second-order valence-corrected chi connectivity index (χ2v) is 7.37. The highest BCUT2D eigenvalue weighted by Gasteiger charge is 2.28. The molecule has 0 spiro atoms. The summed E-state index contributed by atoms with van der Waals surface area (Å²) in [4.78, 5) is 21.3. The number of para-hydroxylation sites is 1. The first kappa shape index (κ1) is 19.3. The summed E-state index contributed by atoms with van der Waals surface area (Å²) in [5.74, 6) is 0.959. The van der Waals surface area contributed by atoms with Crippen molar-refractivity contribution in [2.24, 2.45) is 0 Å². The van der Waals surface area contributed by atoms with Crippen LogP contribution in [0.5, 0.6) is 0 Å². The van der Waals surface area contributed by atoms with Gasteiger partial charge in [-0.2, -0.15) is 0 Å². The van der Waals surface area contributed by atoms with Gasteiger partial charge >= 0.3 is 0 Å². The molecule has 152 valence electrons. The molecule has 0 N–H and O–H groups in total. The minimum Gasteiger partial charge on any atom is -0.418 e. The van der Waals surface area contributed by atoms with E-state index in [2.05, 4.69) is 33.9 Å². The molecular weight excluding hydrogens is 368 g/mol. The number of fused-ring (bicyclic) bond motifs is 3. The molecule has 0 aliphatic carbocycles. The van der Waals surface area contributed by atoms with Crippen molar-refractivity contribution in [1.82, 2.24) is 29.5 Å². The van der Waals surface area contributed by atoms with Crippen molar-refractivity contribution in [3.63, 3.8) is 0 Å². The minimum atomic E-state index is -0.0174. The highest BCUT2D eigenvalue weighted by Crippen LogP contribution is 2.29. The first-order valence-corrected chi connectivity index (χ1v) is 10.1. The summed E-state index contributed by atoms with van der Waals surface area (Å²) in [7, 11) is 1.79. The Morgan fingerprint density at radius 3 is 2.66 bits per heavy atom. The largest absolute Gasteiger partial charge is 0.418 e. The fraction of sp³-hybridized carbons (Fsp3) is 0.429. The minimum absolute atomic E-state index is 0.0174. The third kappa shape index (κ3) is 3.67. The molecule has 1 aliphatic heterocycles. The Balaban J connectivity index is 1.67. The van der Waals surface area contributed by atoms with E-state index in [1.54, 1.807) is 18.3 Å². The molecule has 0 fully saturated rings. The fourth-order valence-electron chi connectivity index (χ4n) is 3.78. The van der Waals surface area contributed by atoms with Crippen LogP contribution in [0, 0.1) is 0 Å². The van der Waals surface area contributed by atoms with Crippen molar-refractivity contribution in [1.29, 1.82) is 0 Å². The zero-order valence-corrected chi connectivity index (χ0v) is 17.1. The molecule has 4 rings (SSSR count). The smallest absolute Gasteiger partial charge is 0.268 e. The molecule has 1 aromatic carbocycles. The van der Waals surface area contributed by atoms with Crippen molar-refractivity contribution in [3.05, 3.63) is 47.7 Å². The highest BCUT2D eigenvalue weighted by atomic mass is 16.4. The number of carbonyl (C=O) groups excluding carboxylic acids is 1. The summed E-state index contributed by atoms with van der Waals surface area (Å²) in [5, 5.41) is 8.49. The quantitative estimate of drug-likeness (QED) is 0.612. The molecular formula is C21H26N6O2. The van der Waals surface area contributed by atoms with Crippen molar-refractivity contribution >= 4 is 5.91 Å². The van der Waals surface area contributed by atoms with E-state index in [-0.39, 0.29) is 5.91 Å². The molecule has 1 amide bonds. The predicted molar refractivity (Wildman–Crippen MR) is 109 cm³/mol. The molecule has 8 heteroatoms. The summed E-state index contributed by atoms with van der Waals surface area (Å²) in [5.41, 5.74) is 2.95. The number of hydrogen-bond donors (Lipinski definition) is 0. The lowest BCUT2D eigenvalue weighted by Crippen LogP contribution is -2.25. The molecule has 1 aliphatic rings. The highest BCUT2D eigenvalue weighted by molar-refractivity contribution is 5.98. The van der Waals surface area contributed by atoms with E-state index in [4.69, 9.17) is 4.42 Å². The van der Waals surface area contributed by atoms with Crippen LogP contribution in [0.1, 0.15) is 48.6 Å². The Morgan fingerprint density at radius 1 is 1.14 bits per heavy atom. The number of carbonyl (C=O) groups is 1. The molecule has 0 saturated carbocycles. The molecule has 0 saturated heterocycles. The van der Waals surface area contributed by atoms with Crippen LogP contribution in [0.15, 0.2) is 35.0 Å². The van der Waals surface area contributed by atoms with Gasteiger partial charge in [0, 0.05) is 7.05 Å². The van der Waals surface area contributed by atoms with Crippen LogP contribution >= 0.6 is 0 Å². The Bertz CT molecular complexity index is 1000. The van der Waals surface area contributed by atoms with Gasteiger partial charge in [-0.1, -0.05) is 26.0 Å². The van der Waals surface area contributed by atoms with Gasteiger partial charge in [-0.25, -0.2) is 4.98 Å². The van der Waals surface area contributed by atoms with E-state index >= 15 is 0 Å². The summed E-state index contributed by atoms with van der Waals surface area (Å²) in [6, 6.07) is 7.55. The number of imidazole rings is 1. The second kappa shape index (κ2) is 8.16. The number of nitrogens with zero attached hydrogens (tertiary/aromatic N) is 6. The molecule has 0 radical (unpaired) electrons. The maximum absolute atomic E-state index is 12.7. The Morgan fingerprint density at radius 2 is 1.90 bits per heavy atom. The van der Waals surface area contributed by atoms with Crippen LogP contribution in [0.4, 0.5) is 0 Å². The summed E-state index contributed by atoms with van der Waals surface area (Å²) < 4.78 is 7.91. The maximum Gasteiger partial charge on any atom is 0.268 e. The van der Waals surface area contributed by atoms with Gasteiger partial charge in [-0.05, 0) is 38.1 Å². The zero-order valence-electron chi connectivity index (χ0n) is 17.1. The molecule has 0 bridgehead atoms. The number of amides is 1. The maximum atomic E-state index is 12.7. The van der Waals surface area contributed by atoms with Crippen molar-refractivity contribution in [2.45, 2.75) is 39.8 Å². The van der Waals surface area contributed by atoms with Crippen LogP contribution in [0.25, 0.3) is 17.3 Å². The van der Waals surface area contributed by atoms with Crippen LogP contribution in [0.3, 0.4) is 0 Å². The van der Waals surface area contributed by atoms with Gasteiger partial charge in [-0.3, -0.25) is 14.3 Å². The lowest BCUT2D eigenvalue weighted by molar-refractivity contribution is 0.0788. The second-order valence-electron chi connectivity index (χ2n) is 7.37. The molecule has 2 aromatic heterocycles. The molecule has 0 unspecified atom stereocenters. The fourth-order valence-corrected chi connectivity index (χ4v) is 3.78. The van der Waals surface area contributed by atoms with E-state index in [9.17, 15) is 4.79 Å². The summed E-state index contributed by atoms with van der Waals surface area (Å²) >= 11 is 0. The monoisotopic (exact) mass is 394 g/mol. The molecule has 8 nitrogen and oxygen atoms in total. The number of benzene rings is 1. The predicted octanol–water partition coefficient (Wildman–Crippen LogP) is 3.13. The first-order valence-electron chi connectivity index (χ1n) is 10.1. The van der Waals surface area contributed by atoms with Crippen LogP contribution in [-0.2, 0) is 13.1 Å². The van der Waals surface area contributed by atoms with E-state index in [0.29, 0.717) is 36.1 Å². The lowest BCUT2D eigenvalue weighted by atomic mass is 10.1. The van der Waals surface area contributed by atoms with Crippen LogP contribution < -0.4 is 0 Å². The standard InChI is InChI=1S/C21H26N6O2/c1-4-10-26(11-5-2)13-18-23-24-20(29-18)19-17-12-25(3)21(28)15-8-6-7-9-16(15)27(17)14-22-19/h6-9,14H,4-5,10-13H2,1-3H3. The Hall–Kier alpha value is -3.00. The van der Waals surface area contributed by atoms with Crippen molar-refractivity contribution in [2.75, 3.05) is 20.1 Å². The van der Waals surface area contributed by atoms with Crippen LogP contribution in [-0.4, -0.2) is 55.6 Å². The molecule has 3 aromatic rings. The number of aromatic nitrogens is 4. The van der Waals surface area contributed by atoms with Gasteiger partial charge in [0.2, 0.25) is 5.89 Å². The summed E-state index contributed by atoms with van der Waals surface area (Å²) in [6.07, 6.45) is 3.88. The number of hydrogen-bond acceptors (Lipinski definition) is 6. The molecule has 3 heterocycles. The topological polar surface area (TPSA) is 80.3 Å². The summed E-state index contributed by atoms with van der Waals surface area (Å²) in [6.45, 7) is 7.37. The van der Waals surface area contributed by atoms with E-state index in [1.165, 1.54) is 0 Å². The van der Waals surface area contributed by atoms with E-state index in [1.807, 2.05) is 28.8 Å². The first-order chi connectivity index (χ1) is 14.1. The van der Waals surface area contributed by atoms with Gasteiger partial charge in [0.05, 0.1) is 30.0 Å².